The molecular weight excluding hydrogens is 336 g/mol. The van der Waals surface area contributed by atoms with Crippen molar-refractivity contribution in [3.05, 3.63) is 53.0 Å². The van der Waals surface area contributed by atoms with Gasteiger partial charge >= 0.3 is 0 Å². The number of carbonyl (C=O) groups is 1. The molecule has 1 amide bonds. The van der Waals surface area contributed by atoms with Crippen molar-refractivity contribution in [1.82, 2.24) is 24.4 Å². The van der Waals surface area contributed by atoms with E-state index in [1.807, 2.05) is 45.5 Å². The van der Waals surface area contributed by atoms with Crippen molar-refractivity contribution in [3.8, 4) is 5.82 Å². The van der Waals surface area contributed by atoms with E-state index in [0.717, 1.165) is 36.1 Å². The summed E-state index contributed by atoms with van der Waals surface area (Å²) in [4.78, 5) is 29.7. The second-order valence-corrected chi connectivity index (χ2v) is 6.67. The zero-order valence-electron chi connectivity index (χ0n) is 13.9. The van der Waals surface area contributed by atoms with Gasteiger partial charge in [-0.2, -0.15) is 11.3 Å². The highest BCUT2D eigenvalue weighted by atomic mass is 32.1. The fourth-order valence-corrected chi connectivity index (χ4v) is 3.56. The van der Waals surface area contributed by atoms with E-state index in [-0.39, 0.29) is 5.91 Å². The van der Waals surface area contributed by atoms with Gasteiger partial charge in [0.05, 0.1) is 5.56 Å². The summed E-state index contributed by atoms with van der Waals surface area (Å²) in [6, 6.07) is 3.84. The van der Waals surface area contributed by atoms with E-state index in [9.17, 15) is 4.79 Å². The topological polar surface area (TPSA) is 67.2 Å². The molecule has 128 valence electrons. The molecule has 0 N–H and O–H groups in total. The van der Waals surface area contributed by atoms with Crippen LogP contribution in [0, 0.1) is 6.92 Å². The number of imidazole rings is 1. The third kappa shape index (κ3) is 3.25. The predicted octanol–water partition coefficient (Wildman–Crippen LogP) is 1.99. The van der Waals surface area contributed by atoms with Gasteiger partial charge in [0.15, 0.2) is 0 Å². The zero-order valence-corrected chi connectivity index (χ0v) is 14.7. The van der Waals surface area contributed by atoms with Gasteiger partial charge < -0.3 is 9.80 Å². The molecule has 0 spiro atoms. The number of aryl methyl sites for hydroxylation is 1. The van der Waals surface area contributed by atoms with Crippen LogP contribution in [0.3, 0.4) is 0 Å². The Morgan fingerprint density at radius 3 is 2.64 bits per heavy atom. The van der Waals surface area contributed by atoms with E-state index in [2.05, 4.69) is 19.9 Å². The van der Waals surface area contributed by atoms with Crippen LogP contribution in [0.5, 0.6) is 0 Å². The minimum Gasteiger partial charge on any atom is -0.353 e. The number of hydrogen-bond acceptors (Lipinski definition) is 6. The van der Waals surface area contributed by atoms with E-state index in [1.165, 1.54) is 0 Å². The van der Waals surface area contributed by atoms with Gasteiger partial charge in [-0.25, -0.2) is 15.0 Å². The number of carbonyl (C=O) groups excluding carboxylic acids is 1. The van der Waals surface area contributed by atoms with Crippen LogP contribution in [0.15, 0.2) is 41.6 Å². The number of aromatic nitrogens is 4. The normalized spacial score (nSPS) is 14.8. The van der Waals surface area contributed by atoms with E-state index in [0.29, 0.717) is 13.1 Å². The first-order chi connectivity index (χ1) is 12.2. The number of hydrogen-bond donors (Lipinski definition) is 0. The van der Waals surface area contributed by atoms with Crippen molar-refractivity contribution < 1.29 is 4.79 Å². The Bertz CT molecular complexity index is 853. The largest absolute Gasteiger partial charge is 0.353 e. The van der Waals surface area contributed by atoms with Gasteiger partial charge in [0.2, 0.25) is 0 Å². The lowest BCUT2D eigenvalue weighted by atomic mass is 10.2. The second kappa shape index (κ2) is 6.64. The number of rotatable bonds is 3. The van der Waals surface area contributed by atoms with E-state index in [1.54, 1.807) is 23.9 Å². The number of thiophene rings is 1. The van der Waals surface area contributed by atoms with Crippen molar-refractivity contribution in [3.63, 3.8) is 0 Å². The molecule has 25 heavy (non-hydrogen) atoms. The van der Waals surface area contributed by atoms with Crippen molar-refractivity contribution in [2.24, 2.45) is 0 Å². The van der Waals surface area contributed by atoms with Gasteiger partial charge in [-0.3, -0.25) is 9.36 Å². The maximum atomic E-state index is 12.4. The molecule has 0 unspecified atom stereocenters. The maximum Gasteiger partial charge on any atom is 0.254 e. The van der Waals surface area contributed by atoms with Crippen molar-refractivity contribution >= 4 is 23.1 Å². The lowest BCUT2D eigenvalue weighted by Crippen LogP contribution is -2.49. The Hall–Kier alpha value is -2.74. The summed E-state index contributed by atoms with van der Waals surface area (Å²) in [5.41, 5.74) is 0.777. The molecule has 3 aromatic rings. The minimum absolute atomic E-state index is 0.110. The molecule has 0 aliphatic carbocycles. The van der Waals surface area contributed by atoms with Crippen LogP contribution in [0.1, 0.15) is 16.2 Å². The number of piperazine rings is 1. The lowest BCUT2D eigenvalue weighted by molar-refractivity contribution is 0.0747. The summed E-state index contributed by atoms with van der Waals surface area (Å²) in [5.74, 6) is 2.52. The van der Waals surface area contributed by atoms with Crippen LogP contribution >= 0.6 is 11.3 Å². The Balaban J connectivity index is 1.48. The fourth-order valence-electron chi connectivity index (χ4n) is 2.93. The number of nitrogens with zero attached hydrogens (tertiary/aromatic N) is 6. The van der Waals surface area contributed by atoms with Gasteiger partial charge in [-0.15, -0.1) is 0 Å². The standard InChI is InChI=1S/C17H18N6OS/c1-13-19-15(10-16(20-13)23-4-3-18-12-23)21-5-7-22(8-6-21)17(24)14-2-9-25-11-14/h2-4,9-12H,5-8H2,1H3. The summed E-state index contributed by atoms with van der Waals surface area (Å²) in [7, 11) is 0. The SMILES string of the molecule is Cc1nc(N2CCN(C(=O)c3ccsc3)CC2)cc(-n2ccnc2)n1. The Labute approximate surface area is 149 Å². The van der Waals surface area contributed by atoms with Crippen LogP contribution in [0.2, 0.25) is 0 Å². The number of anilines is 1. The fraction of sp³-hybridized carbons (Fsp3) is 0.294. The van der Waals surface area contributed by atoms with Crippen molar-refractivity contribution in [2.75, 3.05) is 31.1 Å². The Morgan fingerprint density at radius 2 is 1.96 bits per heavy atom. The monoisotopic (exact) mass is 354 g/mol. The van der Waals surface area contributed by atoms with Crippen LogP contribution in [-0.4, -0.2) is 56.5 Å². The first-order valence-electron chi connectivity index (χ1n) is 8.11. The molecule has 0 radical (unpaired) electrons. The molecule has 1 fully saturated rings. The maximum absolute atomic E-state index is 12.4. The molecule has 0 atom stereocenters. The zero-order chi connectivity index (χ0) is 17.2. The van der Waals surface area contributed by atoms with Crippen LogP contribution < -0.4 is 4.90 Å². The molecule has 0 aromatic carbocycles. The molecule has 4 heterocycles. The second-order valence-electron chi connectivity index (χ2n) is 5.89. The van der Waals surface area contributed by atoms with Gasteiger partial charge in [0.25, 0.3) is 5.91 Å². The van der Waals surface area contributed by atoms with Crippen molar-refractivity contribution in [2.45, 2.75) is 6.92 Å². The average molecular weight is 354 g/mol. The quantitative estimate of drug-likeness (QED) is 0.720. The first-order valence-corrected chi connectivity index (χ1v) is 9.05. The molecule has 0 saturated carbocycles. The van der Waals surface area contributed by atoms with Crippen LogP contribution in [0.4, 0.5) is 5.82 Å². The Morgan fingerprint density at radius 1 is 1.16 bits per heavy atom. The van der Waals surface area contributed by atoms with Gasteiger partial charge in [-0.05, 0) is 18.4 Å². The van der Waals surface area contributed by atoms with Crippen LogP contribution in [0.25, 0.3) is 5.82 Å². The summed E-state index contributed by atoms with van der Waals surface area (Å²) in [6.07, 6.45) is 5.32. The van der Waals surface area contributed by atoms with Gasteiger partial charge in [0.1, 0.15) is 23.8 Å². The van der Waals surface area contributed by atoms with E-state index in [4.69, 9.17) is 0 Å². The van der Waals surface area contributed by atoms with E-state index < -0.39 is 0 Å². The summed E-state index contributed by atoms with van der Waals surface area (Å²) < 4.78 is 1.87. The third-order valence-electron chi connectivity index (χ3n) is 4.24. The Kier molecular flexibility index (Phi) is 4.19. The number of amides is 1. The highest BCUT2D eigenvalue weighted by Gasteiger charge is 2.23. The molecule has 0 bridgehead atoms. The molecule has 3 aromatic heterocycles. The first kappa shape index (κ1) is 15.8. The summed E-state index contributed by atoms with van der Waals surface area (Å²) >= 11 is 1.55. The predicted molar refractivity (Wildman–Crippen MR) is 96.3 cm³/mol. The van der Waals surface area contributed by atoms with Gasteiger partial charge in [0, 0.05) is 50.0 Å². The molecule has 7 nitrogen and oxygen atoms in total. The summed E-state index contributed by atoms with van der Waals surface area (Å²) in [6.45, 7) is 4.79. The smallest absolute Gasteiger partial charge is 0.254 e. The van der Waals surface area contributed by atoms with Gasteiger partial charge in [-0.1, -0.05) is 0 Å². The lowest BCUT2D eigenvalue weighted by Gasteiger charge is -2.35. The molecule has 8 heteroatoms. The third-order valence-corrected chi connectivity index (χ3v) is 4.92. The highest BCUT2D eigenvalue weighted by Crippen LogP contribution is 2.18. The highest BCUT2D eigenvalue weighted by molar-refractivity contribution is 7.08. The molecule has 1 aliphatic heterocycles. The summed E-state index contributed by atoms with van der Waals surface area (Å²) in [5, 5.41) is 3.84. The van der Waals surface area contributed by atoms with Crippen LogP contribution in [-0.2, 0) is 0 Å². The minimum atomic E-state index is 0.110. The molecule has 1 saturated heterocycles. The molecule has 4 rings (SSSR count). The van der Waals surface area contributed by atoms with Crippen molar-refractivity contribution in [1.29, 1.82) is 0 Å². The molecule has 1 aliphatic rings. The van der Waals surface area contributed by atoms with E-state index >= 15 is 0 Å². The molecular formula is C17H18N6OS. The average Bonchev–Trinajstić information content (AvgIpc) is 3.34.